The molecule has 0 saturated heterocycles. The van der Waals surface area contributed by atoms with Crippen LogP contribution in [0.4, 0.5) is 5.69 Å². The number of carbonyl (C=O) groups excluding carboxylic acids is 1. The molecule has 0 unspecified atom stereocenters. The average molecular weight is 295 g/mol. The molecular formula is C16H13N3OS. The summed E-state index contributed by atoms with van der Waals surface area (Å²) in [5.41, 5.74) is 3.68. The summed E-state index contributed by atoms with van der Waals surface area (Å²) in [4.78, 5) is 18.9. The second kappa shape index (κ2) is 5.85. The number of H-pyrrole nitrogens is 1. The summed E-state index contributed by atoms with van der Waals surface area (Å²) in [5, 5.41) is 5.26. The predicted octanol–water partition coefficient (Wildman–Crippen LogP) is 3.61. The lowest BCUT2D eigenvalue weighted by Gasteiger charge is -2.07. The number of nitrogens with one attached hydrogen (secondary N) is 2. The lowest BCUT2D eigenvalue weighted by atomic mass is 10.0. The van der Waals surface area contributed by atoms with E-state index in [1.54, 1.807) is 6.20 Å². The molecule has 0 bridgehead atoms. The van der Waals surface area contributed by atoms with Crippen molar-refractivity contribution in [3.8, 4) is 11.1 Å². The zero-order valence-electron chi connectivity index (χ0n) is 11.1. The van der Waals surface area contributed by atoms with Crippen LogP contribution in [0, 0.1) is 0 Å². The lowest BCUT2D eigenvalue weighted by Crippen LogP contribution is -2.07. The molecule has 1 amide bonds. The summed E-state index contributed by atoms with van der Waals surface area (Å²) >= 11 is 3.89. The van der Waals surface area contributed by atoms with E-state index < -0.39 is 0 Å². The zero-order valence-corrected chi connectivity index (χ0v) is 12.0. The van der Waals surface area contributed by atoms with E-state index in [4.69, 9.17) is 0 Å². The number of amides is 1. The molecule has 21 heavy (non-hydrogen) atoms. The molecule has 4 nitrogen and oxygen atoms in total. The molecule has 2 aromatic heterocycles. The predicted molar refractivity (Wildman–Crippen MR) is 88.3 cm³/mol. The molecule has 0 radical (unpaired) electrons. The smallest absolute Gasteiger partial charge is 0.248 e. The Balaban J connectivity index is 2.00. The Kier molecular flexibility index (Phi) is 3.75. The summed E-state index contributed by atoms with van der Waals surface area (Å²) in [6.45, 7) is 0. The third kappa shape index (κ3) is 2.83. The third-order valence-corrected chi connectivity index (χ3v) is 3.28. The summed E-state index contributed by atoms with van der Waals surface area (Å²) in [7, 11) is 0. The third-order valence-electron chi connectivity index (χ3n) is 3.13. The molecule has 3 aromatic rings. The van der Waals surface area contributed by atoms with Crippen molar-refractivity contribution in [3.05, 3.63) is 60.3 Å². The van der Waals surface area contributed by atoms with Gasteiger partial charge in [0.05, 0.1) is 0 Å². The highest BCUT2D eigenvalue weighted by molar-refractivity contribution is 7.83. The summed E-state index contributed by atoms with van der Waals surface area (Å²) < 4.78 is 0. The van der Waals surface area contributed by atoms with Gasteiger partial charge in [-0.25, -0.2) is 4.98 Å². The maximum atomic E-state index is 11.6. The summed E-state index contributed by atoms with van der Waals surface area (Å²) in [6.07, 6.45) is 5.00. The fraction of sp³-hybridized carbons (Fsp3) is 0. The second-order valence-corrected chi connectivity index (χ2v) is 4.78. The van der Waals surface area contributed by atoms with Crippen LogP contribution in [0.1, 0.15) is 0 Å². The van der Waals surface area contributed by atoms with Crippen molar-refractivity contribution in [3.63, 3.8) is 0 Å². The lowest BCUT2D eigenvalue weighted by molar-refractivity contribution is -0.111. The van der Waals surface area contributed by atoms with Gasteiger partial charge < -0.3 is 10.3 Å². The van der Waals surface area contributed by atoms with Gasteiger partial charge in [0.1, 0.15) is 5.65 Å². The van der Waals surface area contributed by atoms with Gasteiger partial charge in [-0.15, -0.1) is 0 Å². The largest absolute Gasteiger partial charge is 0.346 e. The average Bonchev–Trinajstić information content (AvgIpc) is 2.96. The van der Waals surface area contributed by atoms with Crippen molar-refractivity contribution >= 4 is 35.3 Å². The highest BCUT2D eigenvalue weighted by Gasteiger charge is 2.06. The maximum absolute atomic E-state index is 11.6. The maximum Gasteiger partial charge on any atom is 0.248 e. The van der Waals surface area contributed by atoms with Gasteiger partial charge in [0.15, 0.2) is 0 Å². The first-order chi connectivity index (χ1) is 10.3. The normalized spacial score (nSPS) is 11.1. The van der Waals surface area contributed by atoms with Gasteiger partial charge >= 0.3 is 0 Å². The Hall–Kier alpha value is -2.53. The van der Waals surface area contributed by atoms with Crippen molar-refractivity contribution < 1.29 is 4.79 Å². The molecule has 3 rings (SSSR count). The van der Waals surface area contributed by atoms with Crippen LogP contribution < -0.4 is 5.32 Å². The Labute approximate surface area is 127 Å². The molecule has 2 heterocycles. The molecule has 0 saturated carbocycles. The molecule has 0 fully saturated rings. The van der Waals surface area contributed by atoms with Crippen molar-refractivity contribution in [2.75, 3.05) is 5.32 Å². The minimum atomic E-state index is -0.205. The van der Waals surface area contributed by atoms with E-state index in [-0.39, 0.29) is 5.91 Å². The van der Waals surface area contributed by atoms with Crippen LogP contribution in [0.15, 0.2) is 60.3 Å². The van der Waals surface area contributed by atoms with E-state index in [1.807, 2.05) is 42.6 Å². The van der Waals surface area contributed by atoms with Gasteiger partial charge in [-0.2, -0.15) is 12.6 Å². The van der Waals surface area contributed by atoms with E-state index >= 15 is 0 Å². The summed E-state index contributed by atoms with van der Waals surface area (Å²) in [6, 6.07) is 11.7. The fourth-order valence-electron chi connectivity index (χ4n) is 2.23. The number of fused-ring (bicyclic) bond motifs is 1. The first-order valence-electron chi connectivity index (χ1n) is 6.42. The van der Waals surface area contributed by atoms with Gasteiger partial charge in [-0.3, -0.25) is 4.79 Å². The number of aromatic nitrogens is 2. The number of carbonyl (C=O) groups is 1. The number of pyridine rings is 1. The number of hydrogen-bond donors (Lipinski definition) is 3. The van der Waals surface area contributed by atoms with Gasteiger partial charge in [0.2, 0.25) is 5.91 Å². The number of thiol groups is 1. The van der Waals surface area contributed by atoms with Crippen LogP contribution in [-0.4, -0.2) is 15.9 Å². The van der Waals surface area contributed by atoms with E-state index in [0.29, 0.717) is 0 Å². The van der Waals surface area contributed by atoms with Crippen molar-refractivity contribution in [1.29, 1.82) is 0 Å². The number of benzene rings is 1. The standard InChI is InChI=1S/C16H13N3OS/c20-15(6-9-21)19-12-3-1-2-11(10-12)13-4-7-17-16-14(13)5-8-18-16/h1-10,21H,(H,17,18)(H,19,20)/b9-6-. The van der Waals surface area contributed by atoms with Crippen molar-refractivity contribution in [1.82, 2.24) is 9.97 Å². The zero-order chi connectivity index (χ0) is 14.7. The van der Waals surface area contributed by atoms with Gasteiger partial charge in [0, 0.05) is 29.5 Å². The molecule has 5 heteroatoms. The van der Waals surface area contributed by atoms with Crippen molar-refractivity contribution in [2.24, 2.45) is 0 Å². The minimum absolute atomic E-state index is 0.205. The highest BCUT2D eigenvalue weighted by atomic mass is 32.1. The van der Waals surface area contributed by atoms with Gasteiger partial charge in [0.25, 0.3) is 0 Å². The Morgan fingerprint density at radius 2 is 2.19 bits per heavy atom. The number of aromatic amines is 1. The number of nitrogens with zero attached hydrogens (tertiary/aromatic N) is 1. The van der Waals surface area contributed by atoms with Crippen LogP contribution in [0.25, 0.3) is 22.2 Å². The van der Waals surface area contributed by atoms with Crippen LogP contribution >= 0.6 is 12.6 Å². The van der Waals surface area contributed by atoms with Crippen LogP contribution in [0.5, 0.6) is 0 Å². The molecular weight excluding hydrogens is 282 g/mol. The van der Waals surface area contributed by atoms with Crippen molar-refractivity contribution in [2.45, 2.75) is 0 Å². The van der Waals surface area contributed by atoms with E-state index in [1.165, 1.54) is 11.5 Å². The summed E-state index contributed by atoms with van der Waals surface area (Å²) in [5.74, 6) is -0.205. The number of rotatable bonds is 3. The van der Waals surface area contributed by atoms with Gasteiger partial charge in [-0.1, -0.05) is 12.1 Å². The SMILES string of the molecule is O=C(/C=C\S)Nc1cccc(-c2ccnc3[nH]ccc23)c1. The van der Waals surface area contributed by atoms with Crippen LogP contribution in [-0.2, 0) is 4.79 Å². The first kappa shape index (κ1) is 13.5. The first-order valence-corrected chi connectivity index (χ1v) is 6.94. The van der Waals surface area contributed by atoms with E-state index in [9.17, 15) is 4.79 Å². The molecule has 2 N–H and O–H groups in total. The van der Waals surface area contributed by atoms with Crippen LogP contribution in [0.2, 0.25) is 0 Å². The fourth-order valence-corrected chi connectivity index (χ4v) is 2.36. The van der Waals surface area contributed by atoms with Gasteiger partial charge in [-0.05, 0) is 40.8 Å². The molecule has 0 aliphatic carbocycles. The topological polar surface area (TPSA) is 57.8 Å². The molecule has 104 valence electrons. The molecule has 0 atom stereocenters. The number of anilines is 1. The van der Waals surface area contributed by atoms with Crippen LogP contribution in [0.3, 0.4) is 0 Å². The van der Waals surface area contributed by atoms with E-state index in [2.05, 4.69) is 27.9 Å². The second-order valence-electron chi connectivity index (χ2n) is 4.48. The Morgan fingerprint density at radius 1 is 1.29 bits per heavy atom. The molecule has 0 aliphatic rings. The van der Waals surface area contributed by atoms with E-state index in [0.717, 1.165) is 27.8 Å². The molecule has 0 aliphatic heterocycles. The molecule has 1 aromatic carbocycles. The number of hydrogen-bond acceptors (Lipinski definition) is 3. The molecule has 0 spiro atoms. The quantitative estimate of drug-likeness (QED) is 0.510. The highest BCUT2D eigenvalue weighted by Crippen LogP contribution is 2.28. The monoisotopic (exact) mass is 295 g/mol. The minimum Gasteiger partial charge on any atom is -0.346 e. The Bertz CT molecular complexity index is 823. The Morgan fingerprint density at radius 3 is 3.05 bits per heavy atom.